The van der Waals surface area contributed by atoms with Crippen molar-refractivity contribution in [3.63, 3.8) is 0 Å². The molecule has 8 nitrogen and oxygen atoms in total. The van der Waals surface area contributed by atoms with Gasteiger partial charge in [-0.05, 0) is 68.2 Å². The molecule has 1 saturated carbocycles. The summed E-state index contributed by atoms with van der Waals surface area (Å²) in [6, 6.07) is 20.0. The number of aromatic nitrogens is 3. The first-order valence-electron chi connectivity index (χ1n) is 15.0. The third kappa shape index (κ3) is 6.32. The number of hydrogen-bond acceptors (Lipinski definition) is 6. The summed E-state index contributed by atoms with van der Waals surface area (Å²) in [6.45, 7) is 4.24. The second-order valence-corrected chi connectivity index (χ2v) is 10.9. The van der Waals surface area contributed by atoms with Gasteiger partial charge in [0.15, 0.2) is 0 Å². The standard InChI is InChI=1S/C34H38N4O4/c1-3-5-10-31-30(21-24-11-13-25(14-12-24)29-9-7-6-8-26(29)22-35)34(40)37(32-19-20-36-38(31)32)27-15-17-28(18-16-27)42-23-33(39)41-4-2/h6-9,11-14,19-20,27-28H,3-5,10,15-18,21,23H2,1-2H3. The number of hydrogen-bond donors (Lipinski definition) is 0. The van der Waals surface area contributed by atoms with Gasteiger partial charge in [0, 0.05) is 24.1 Å². The van der Waals surface area contributed by atoms with E-state index >= 15 is 0 Å². The quantitative estimate of drug-likeness (QED) is 0.206. The maximum absolute atomic E-state index is 14.3. The van der Waals surface area contributed by atoms with Crippen LogP contribution in [0.2, 0.25) is 0 Å². The highest BCUT2D eigenvalue weighted by Gasteiger charge is 2.28. The number of esters is 1. The number of carbonyl (C=O) groups excluding carboxylic acids is 1. The predicted molar refractivity (Wildman–Crippen MR) is 161 cm³/mol. The highest BCUT2D eigenvalue weighted by molar-refractivity contribution is 5.71. The number of nitrogens with zero attached hydrogens (tertiary/aromatic N) is 4. The van der Waals surface area contributed by atoms with Gasteiger partial charge in [0.2, 0.25) is 0 Å². The van der Waals surface area contributed by atoms with Gasteiger partial charge in [-0.1, -0.05) is 55.8 Å². The minimum atomic E-state index is -0.341. The first-order chi connectivity index (χ1) is 20.5. The van der Waals surface area contributed by atoms with Crippen molar-refractivity contribution in [1.29, 1.82) is 5.26 Å². The molecule has 8 heteroatoms. The Morgan fingerprint density at radius 2 is 1.81 bits per heavy atom. The van der Waals surface area contributed by atoms with Crippen LogP contribution in [0.3, 0.4) is 0 Å². The van der Waals surface area contributed by atoms with Gasteiger partial charge in [0.05, 0.1) is 36.2 Å². The maximum atomic E-state index is 14.3. The van der Waals surface area contributed by atoms with Crippen LogP contribution in [-0.4, -0.2) is 39.5 Å². The van der Waals surface area contributed by atoms with Gasteiger partial charge < -0.3 is 9.47 Å². The van der Waals surface area contributed by atoms with E-state index in [1.165, 1.54) is 0 Å². The third-order valence-electron chi connectivity index (χ3n) is 8.16. The van der Waals surface area contributed by atoms with Gasteiger partial charge in [-0.2, -0.15) is 10.4 Å². The van der Waals surface area contributed by atoms with Crippen LogP contribution in [0.1, 0.15) is 80.8 Å². The molecule has 5 rings (SSSR count). The average Bonchev–Trinajstić information content (AvgIpc) is 3.50. The second-order valence-electron chi connectivity index (χ2n) is 10.9. The van der Waals surface area contributed by atoms with Crippen LogP contribution >= 0.6 is 0 Å². The molecule has 0 aliphatic heterocycles. The molecule has 218 valence electrons. The van der Waals surface area contributed by atoms with Crippen LogP contribution in [0, 0.1) is 11.3 Å². The smallest absolute Gasteiger partial charge is 0.332 e. The third-order valence-corrected chi connectivity index (χ3v) is 8.16. The lowest BCUT2D eigenvalue weighted by Gasteiger charge is -2.31. The van der Waals surface area contributed by atoms with E-state index in [4.69, 9.17) is 9.47 Å². The van der Waals surface area contributed by atoms with Crippen LogP contribution in [0.4, 0.5) is 0 Å². The van der Waals surface area contributed by atoms with E-state index in [-0.39, 0.29) is 30.3 Å². The van der Waals surface area contributed by atoms with Crippen molar-refractivity contribution in [2.75, 3.05) is 13.2 Å². The normalized spacial score (nSPS) is 16.8. The van der Waals surface area contributed by atoms with E-state index in [2.05, 4.69) is 30.2 Å². The van der Waals surface area contributed by atoms with E-state index in [0.717, 1.165) is 78.5 Å². The molecule has 0 radical (unpaired) electrons. The number of fused-ring (bicyclic) bond motifs is 1. The molecular formula is C34H38N4O4. The summed E-state index contributed by atoms with van der Waals surface area (Å²) in [6.07, 6.45) is 8.16. The summed E-state index contributed by atoms with van der Waals surface area (Å²) >= 11 is 0. The Balaban J connectivity index is 1.43. The van der Waals surface area contributed by atoms with Gasteiger partial charge in [-0.15, -0.1) is 0 Å². The van der Waals surface area contributed by atoms with E-state index in [0.29, 0.717) is 18.6 Å². The van der Waals surface area contributed by atoms with Crippen molar-refractivity contribution >= 4 is 11.6 Å². The Labute approximate surface area is 246 Å². The molecule has 0 saturated heterocycles. The highest BCUT2D eigenvalue weighted by atomic mass is 16.6. The highest BCUT2D eigenvalue weighted by Crippen LogP contribution is 2.31. The molecule has 42 heavy (non-hydrogen) atoms. The van der Waals surface area contributed by atoms with Crippen molar-refractivity contribution in [2.24, 2.45) is 0 Å². The first-order valence-corrected chi connectivity index (χ1v) is 15.0. The topological polar surface area (TPSA) is 98.6 Å². The largest absolute Gasteiger partial charge is 0.464 e. The molecular weight excluding hydrogens is 528 g/mol. The Kier molecular flexibility index (Phi) is 9.50. The Morgan fingerprint density at radius 1 is 1.05 bits per heavy atom. The zero-order valence-electron chi connectivity index (χ0n) is 24.4. The fourth-order valence-corrected chi connectivity index (χ4v) is 6.02. The fourth-order valence-electron chi connectivity index (χ4n) is 6.02. The fraction of sp³-hybridized carbons (Fsp3) is 0.412. The lowest BCUT2D eigenvalue weighted by Crippen LogP contribution is -2.35. The van der Waals surface area contributed by atoms with Gasteiger partial charge in [0.1, 0.15) is 12.3 Å². The minimum absolute atomic E-state index is 0.0183. The number of rotatable bonds is 11. The molecule has 0 bridgehead atoms. The van der Waals surface area contributed by atoms with Crippen molar-refractivity contribution in [3.8, 4) is 17.2 Å². The van der Waals surface area contributed by atoms with E-state index in [1.54, 1.807) is 13.1 Å². The summed E-state index contributed by atoms with van der Waals surface area (Å²) in [5.41, 5.74) is 6.19. The van der Waals surface area contributed by atoms with E-state index in [1.807, 2.05) is 51.5 Å². The number of aryl methyl sites for hydroxylation is 1. The lowest BCUT2D eigenvalue weighted by molar-refractivity contribution is -0.151. The van der Waals surface area contributed by atoms with Gasteiger partial charge >= 0.3 is 5.97 Å². The molecule has 0 unspecified atom stereocenters. The molecule has 0 atom stereocenters. The monoisotopic (exact) mass is 566 g/mol. The Bertz CT molecular complexity index is 1620. The first kappa shape index (κ1) is 29.3. The van der Waals surface area contributed by atoms with Crippen molar-refractivity contribution in [3.05, 3.63) is 93.5 Å². The van der Waals surface area contributed by atoms with Crippen LogP contribution in [0.25, 0.3) is 16.8 Å². The van der Waals surface area contributed by atoms with Crippen molar-refractivity contribution in [2.45, 2.75) is 77.4 Å². The van der Waals surface area contributed by atoms with E-state index in [9.17, 15) is 14.9 Å². The molecule has 2 aromatic carbocycles. The van der Waals surface area contributed by atoms with E-state index < -0.39 is 0 Å². The molecule has 0 spiro atoms. The summed E-state index contributed by atoms with van der Waals surface area (Å²) in [5.74, 6) is -0.341. The molecule has 0 amide bonds. The minimum Gasteiger partial charge on any atom is -0.464 e. The molecule has 2 heterocycles. The number of benzene rings is 2. The predicted octanol–water partition coefficient (Wildman–Crippen LogP) is 6.03. The molecule has 1 aliphatic rings. The van der Waals surface area contributed by atoms with Crippen LogP contribution in [0.15, 0.2) is 65.6 Å². The summed E-state index contributed by atoms with van der Waals surface area (Å²) in [4.78, 5) is 26.0. The van der Waals surface area contributed by atoms with Gasteiger partial charge in [0.25, 0.3) is 5.56 Å². The number of nitriles is 1. The van der Waals surface area contributed by atoms with Gasteiger partial charge in [-0.25, -0.2) is 9.31 Å². The zero-order valence-corrected chi connectivity index (χ0v) is 24.4. The number of carbonyl (C=O) groups is 1. The van der Waals surface area contributed by atoms with Crippen LogP contribution < -0.4 is 5.56 Å². The summed E-state index contributed by atoms with van der Waals surface area (Å²) in [5, 5.41) is 14.2. The molecule has 1 aliphatic carbocycles. The molecule has 1 fully saturated rings. The maximum Gasteiger partial charge on any atom is 0.332 e. The SMILES string of the molecule is CCCCc1c(Cc2ccc(-c3ccccc3C#N)cc2)c(=O)n(C2CCC(OCC(=O)OCC)CC2)c2ccnn12. The van der Waals surface area contributed by atoms with Gasteiger partial charge in [-0.3, -0.25) is 9.36 Å². The molecule has 4 aromatic rings. The van der Waals surface area contributed by atoms with Crippen molar-refractivity contribution in [1.82, 2.24) is 14.2 Å². The van der Waals surface area contributed by atoms with Crippen molar-refractivity contribution < 1.29 is 14.3 Å². The number of unbranched alkanes of at least 4 members (excludes halogenated alkanes) is 1. The van der Waals surface area contributed by atoms with Crippen LogP contribution in [-0.2, 0) is 27.1 Å². The Hall–Kier alpha value is -4.22. The molecule has 0 N–H and O–H groups in total. The lowest BCUT2D eigenvalue weighted by atomic mass is 9.92. The second kappa shape index (κ2) is 13.6. The summed E-state index contributed by atoms with van der Waals surface area (Å²) in [7, 11) is 0. The zero-order chi connectivity index (χ0) is 29.5. The Morgan fingerprint density at radius 3 is 2.52 bits per heavy atom. The average molecular weight is 567 g/mol. The number of ether oxygens (including phenoxy) is 2. The summed E-state index contributed by atoms with van der Waals surface area (Å²) < 4.78 is 14.7. The van der Waals surface area contributed by atoms with Crippen LogP contribution in [0.5, 0.6) is 0 Å². The molecule has 2 aromatic heterocycles.